The maximum atomic E-state index is 13.2. The first kappa shape index (κ1) is 22.2. The molecule has 0 aliphatic rings. The third-order valence-corrected chi connectivity index (χ3v) is 5.80. The lowest BCUT2D eigenvalue weighted by Crippen LogP contribution is -2.26. The van der Waals surface area contributed by atoms with Crippen molar-refractivity contribution in [3.05, 3.63) is 101 Å². The van der Waals surface area contributed by atoms with E-state index in [-0.39, 0.29) is 5.69 Å². The van der Waals surface area contributed by atoms with Crippen molar-refractivity contribution in [3.8, 4) is 16.3 Å². The van der Waals surface area contributed by atoms with E-state index in [4.69, 9.17) is 9.47 Å². The number of carbonyl (C=O) groups is 2. The fraction of sp³-hybridized carbons (Fsp3) is 0.115. The smallest absolute Gasteiger partial charge is 0.358 e. The summed E-state index contributed by atoms with van der Waals surface area (Å²) in [5.74, 6) is -0.648. The normalized spacial score (nSPS) is 11.5. The summed E-state index contributed by atoms with van der Waals surface area (Å²) in [5, 5.41) is 5.16. The number of methoxy groups -OCH3 is 1. The second-order valence-electron chi connectivity index (χ2n) is 7.29. The van der Waals surface area contributed by atoms with Crippen molar-refractivity contribution in [2.24, 2.45) is 0 Å². The molecule has 1 heterocycles. The minimum absolute atomic E-state index is 0.153. The zero-order chi connectivity index (χ0) is 23.2. The number of hydrogen-bond donors (Lipinski definition) is 1. The number of aromatic nitrogens is 1. The summed E-state index contributed by atoms with van der Waals surface area (Å²) in [7, 11) is 1.53. The fourth-order valence-electron chi connectivity index (χ4n) is 3.27. The number of nitrogens with zero attached hydrogens (tertiary/aromatic N) is 1. The highest BCUT2D eigenvalue weighted by molar-refractivity contribution is 7.13. The Morgan fingerprint density at radius 1 is 0.970 bits per heavy atom. The van der Waals surface area contributed by atoms with E-state index in [2.05, 4.69) is 10.3 Å². The largest absolute Gasteiger partial charge is 0.495 e. The Morgan fingerprint density at radius 3 is 2.36 bits per heavy atom. The van der Waals surface area contributed by atoms with Gasteiger partial charge in [-0.2, -0.15) is 0 Å². The SMILES string of the molecule is COc1ccc(C)cc1NC(=O)C(OC(=O)c1csc(-c2ccccc2)n1)c1ccccc1. The first-order valence-corrected chi connectivity index (χ1v) is 11.2. The maximum absolute atomic E-state index is 13.2. The van der Waals surface area contributed by atoms with Gasteiger partial charge >= 0.3 is 5.97 Å². The topological polar surface area (TPSA) is 77.5 Å². The van der Waals surface area contributed by atoms with Gasteiger partial charge in [-0.3, -0.25) is 4.79 Å². The van der Waals surface area contributed by atoms with Crippen LogP contribution in [0.2, 0.25) is 0 Å². The zero-order valence-corrected chi connectivity index (χ0v) is 19.0. The third kappa shape index (κ3) is 5.27. The number of nitrogens with one attached hydrogen (secondary N) is 1. The van der Waals surface area contributed by atoms with Gasteiger partial charge in [-0.1, -0.05) is 66.7 Å². The Balaban J connectivity index is 1.58. The molecule has 33 heavy (non-hydrogen) atoms. The van der Waals surface area contributed by atoms with Crippen LogP contribution in [0.5, 0.6) is 5.75 Å². The van der Waals surface area contributed by atoms with E-state index in [1.54, 1.807) is 41.8 Å². The summed E-state index contributed by atoms with van der Waals surface area (Å²) < 4.78 is 11.0. The molecular weight excluding hydrogens is 436 g/mol. The van der Waals surface area contributed by atoms with E-state index in [0.717, 1.165) is 11.1 Å². The van der Waals surface area contributed by atoms with Crippen molar-refractivity contribution < 1.29 is 19.1 Å². The zero-order valence-electron chi connectivity index (χ0n) is 18.1. The Bertz CT molecular complexity index is 1260. The molecule has 1 aromatic heterocycles. The van der Waals surface area contributed by atoms with Gasteiger partial charge in [-0.05, 0) is 24.6 Å². The highest BCUT2D eigenvalue weighted by Crippen LogP contribution is 2.29. The van der Waals surface area contributed by atoms with E-state index in [1.165, 1.54) is 18.4 Å². The first-order valence-electron chi connectivity index (χ1n) is 10.3. The van der Waals surface area contributed by atoms with Crippen LogP contribution in [0.3, 0.4) is 0 Å². The van der Waals surface area contributed by atoms with E-state index in [9.17, 15) is 9.59 Å². The van der Waals surface area contributed by atoms with Gasteiger partial charge < -0.3 is 14.8 Å². The summed E-state index contributed by atoms with van der Waals surface area (Å²) in [6, 6.07) is 23.9. The molecule has 1 unspecified atom stereocenters. The van der Waals surface area contributed by atoms with Gasteiger partial charge in [-0.25, -0.2) is 9.78 Å². The lowest BCUT2D eigenvalue weighted by Gasteiger charge is -2.19. The molecule has 0 bridgehead atoms. The molecule has 4 rings (SSSR count). The molecule has 166 valence electrons. The monoisotopic (exact) mass is 458 g/mol. The predicted molar refractivity (Wildman–Crippen MR) is 129 cm³/mol. The molecule has 1 N–H and O–H groups in total. The molecule has 1 amide bonds. The highest BCUT2D eigenvalue weighted by Gasteiger charge is 2.27. The number of ether oxygens (including phenoxy) is 2. The Labute approximate surface area is 195 Å². The number of hydrogen-bond acceptors (Lipinski definition) is 6. The van der Waals surface area contributed by atoms with Gasteiger partial charge in [0.1, 0.15) is 10.8 Å². The Hall–Kier alpha value is -3.97. The van der Waals surface area contributed by atoms with Crippen molar-refractivity contribution in [3.63, 3.8) is 0 Å². The molecule has 0 saturated carbocycles. The summed E-state index contributed by atoms with van der Waals surface area (Å²) in [4.78, 5) is 30.6. The number of aryl methyl sites for hydroxylation is 1. The molecular formula is C26H22N2O4S. The lowest BCUT2D eigenvalue weighted by atomic mass is 10.1. The van der Waals surface area contributed by atoms with Crippen LogP contribution in [0.1, 0.15) is 27.7 Å². The minimum atomic E-state index is -1.16. The fourth-order valence-corrected chi connectivity index (χ4v) is 4.06. The van der Waals surface area contributed by atoms with Gasteiger partial charge in [0.2, 0.25) is 6.10 Å². The average molecular weight is 459 g/mol. The van der Waals surface area contributed by atoms with E-state index in [1.807, 2.05) is 49.4 Å². The van der Waals surface area contributed by atoms with Crippen LogP contribution >= 0.6 is 11.3 Å². The second-order valence-corrected chi connectivity index (χ2v) is 8.15. The standard InChI is InChI=1S/C26H22N2O4S/c1-17-13-14-22(31-2)20(15-17)27-24(29)23(18-9-5-3-6-10-18)32-26(30)21-16-33-25(28-21)19-11-7-4-8-12-19/h3-16,23H,1-2H3,(H,27,29). The molecule has 0 spiro atoms. The molecule has 4 aromatic rings. The van der Waals surface area contributed by atoms with Crippen LogP contribution < -0.4 is 10.1 Å². The summed E-state index contributed by atoms with van der Waals surface area (Å²) in [6.07, 6.45) is -1.16. The molecule has 0 fully saturated rings. The predicted octanol–water partition coefficient (Wildman–Crippen LogP) is 5.66. The third-order valence-electron chi connectivity index (χ3n) is 4.91. The Morgan fingerprint density at radius 2 is 1.67 bits per heavy atom. The number of esters is 1. The van der Waals surface area contributed by atoms with Crippen molar-refractivity contribution >= 4 is 28.9 Å². The molecule has 0 saturated heterocycles. The number of carbonyl (C=O) groups excluding carboxylic acids is 2. The van der Waals surface area contributed by atoms with Crippen molar-refractivity contribution in [2.45, 2.75) is 13.0 Å². The number of amides is 1. The molecule has 0 aliphatic carbocycles. The van der Waals surface area contributed by atoms with E-state index in [0.29, 0.717) is 22.0 Å². The average Bonchev–Trinajstić information content (AvgIpc) is 3.34. The quantitative estimate of drug-likeness (QED) is 0.361. The maximum Gasteiger partial charge on any atom is 0.358 e. The molecule has 0 radical (unpaired) electrons. The van der Waals surface area contributed by atoms with E-state index >= 15 is 0 Å². The van der Waals surface area contributed by atoms with Gasteiger partial charge in [0.15, 0.2) is 5.69 Å². The highest BCUT2D eigenvalue weighted by atomic mass is 32.1. The second kappa shape index (κ2) is 10.1. The van der Waals surface area contributed by atoms with Gasteiger partial charge in [0.25, 0.3) is 5.91 Å². The Kier molecular flexibility index (Phi) is 6.80. The first-order chi connectivity index (χ1) is 16.0. The summed E-state index contributed by atoms with van der Waals surface area (Å²) >= 11 is 1.34. The van der Waals surface area contributed by atoms with Gasteiger partial charge in [0, 0.05) is 16.5 Å². The minimum Gasteiger partial charge on any atom is -0.495 e. The molecule has 0 aliphatic heterocycles. The van der Waals surface area contributed by atoms with Crippen LogP contribution in [0.4, 0.5) is 5.69 Å². The number of rotatable bonds is 7. The van der Waals surface area contributed by atoms with Crippen LogP contribution in [-0.4, -0.2) is 24.0 Å². The molecule has 1 atom stereocenters. The van der Waals surface area contributed by atoms with Gasteiger partial charge in [0.05, 0.1) is 12.8 Å². The van der Waals surface area contributed by atoms with Crippen LogP contribution in [0.15, 0.2) is 84.2 Å². The molecule has 3 aromatic carbocycles. The molecule has 7 heteroatoms. The van der Waals surface area contributed by atoms with Crippen LogP contribution in [0, 0.1) is 6.92 Å². The van der Waals surface area contributed by atoms with Crippen LogP contribution in [0.25, 0.3) is 10.6 Å². The van der Waals surface area contributed by atoms with Crippen LogP contribution in [-0.2, 0) is 9.53 Å². The number of thiazole rings is 1. The lowest BCUT2D eigenvalue weighted by molar-refractivity contribution is -0.125. The summed E-state index contributed by atoms with van der Waals surface area (Å²) in [6.45, 7) is 1.91. The van der Waals surface area contributed by atoms with Crippen molar-refractivity contribution in [2.75, 3.05) is 12.4 Å². The van der Waals surface area contributed by atoms with Crippen molar-refractivity contribution in [1.82, 2.24) is 4.98 Å². The molecule has 6 nitrogen and oxygen atoms in total. The van der Waals surface area contributed by atoms with Crippen molar-refractivity contribution in [1.29, 1.82) is 0 Å². The summed E-state index contributed by atoms with van der Waals surface area (Å²) in [5.41, 5.74) is 3.06. The number of benzene rings is 3. The van der Waals surface area contributed by atoms with E-state index < -0.39 is 18.0 Å². The van der Waals surface area contributed by atoms with Gasteiger partial charge in [-0.15, -0.1) is 11.3 Å². The number of anilines is 1.